The van der Waals surface area contributed by atoms with Crippen LogP contribution in [-0.4, -0.2) is 91.5 Å². The van der Waals surface area contributed by atoms with Gasteiger partial charge in [0.05, 0.1) is 37.0 Å². The average molecular weight is 437 g/mol. The summed E-state index contributed by atoms with van der Waals surface area (Å²) >= 11 is 0. The number of alkyl halides is 3. The number of nitrogens with zero attached hydrogens (tertiary/aromatic N) is 5. The van der Waals surface area contributed by atoms with Crippen molar-refractivity contribution in [3.8, 4) is 11.4 Å². The number of anilines is 1. The second kappa shape index (κ2) is 7.99. The van der Waals surface area contributed by atoms with Crippen molar-refractivity contribution in [1.82, 2.24) is 19.6 Å². The van der Waals surface area contributed by atoms with Crippen LogP contribution in [0.5, 0.6) is 5.75 Å². The standard InChI is InChI=1S/C21H26F3N5O2/c22-21(23,24)31-19-3-1-17(2-4-19)29-12-18(11-25-29)28-15-20(16-28)13-27(14-20)6-5-26-7-9-30-10-8-26/h1-4,11-12H,5-10,13-16H2. The zero-order chi connectivity index (χ0) is 21.5. The Morgan fingerprint density at radius 2 is 1.61 bits per heavy atom. The number of hydrogen-bond donors (Lipinski definition) is 0. The normalized spacial score (nSPS) is 21.7. The van der Waals surface area contributed by atoms with Gasteiger partial charge in [0.1, 0.15) is 5.75 Å². The topological polar surface area (TPSA) is 46.0 Å². The maximum atomic E-state index is 12.3. The molecule has 0 radical (unpaired) electrons. The van der Waals surface area contributed by atoms with Gasteiger partial charge in [0, 0.05) is 57.8 Å². The molecule has 3 aliphatic heterocycles. The van der Waals surface area contributed by atoms with Crippen LogP contribution in [0.4, 0.5) is 18.9 Å². The van der Waals surface area contributed by atoms with Crippen molar-refractivity contribution in [2.24, 2.45) is 5.41 Å². The van der Waals surface area contributed by atoms with Crippen molar-refractivity contribution in [3.63, 3.8) is 0 Å². The third-order valence-electron chi connectivity index (χ3n) is 6.28. The lowest BCUT2D eigenvalue weighted by molar-refractivity contribution is -0.274. The fraction of sp³-hybridized carbons (Fsp3) is 0.571. The van der Waals surface area contributed by atoms with Crippen molar-refractivity contribution in [3.05, 3.63) is 36.7 Å². The molecule has 0 aliphatic carbocycles. The molecule has 0 unspecified atom stereocenters. The summed E-state index contributed by atoms with van der Waals surface area (Å²) in [6.45, 7) is 10.3. The van der Waals surface area contributed by atoms with Crippen LogP contribution in [0, 0.1) is 5.41 Å². The van der Waals surface area contributed by atoms with E-state index in [9.17, 15) is 13.2 Å². The Hall–Kier alpha value is -2.30. The highest BCUT2D eigenvalue weighted by atomic mass is 19.4. The van der Waals surface area contributed by atoms with E-state index in [-0.39, 0.29) is 5.75 Å². The Labute approximate surface area is 178 Å². The van der Waals surface area contributed by atoms with Crippen molar-refractivity contribution in [1.29, 1.82) is 0 Å². The molecule has 1 aromatic heterocycles. The lowest BCUT2D eigenvalue weighted by Gasteiger charge is -2.61. The van der Waals surface area contributed by atoms with Gasteiger partial charge in [-0.1, -0.05) is 0 Å². The quantitative estimate of drug-likeness (QED) is 0.691. The summed E-state index contributed by atoms with van der Waals surface area (Å²) in [5.41, 5.74) is 2.12. The van der Waals surface area contributed by atoms with Crippen LogP contribution in [-0.2, 0) is 4.74 Å². The molecular formula is C21H26F3N5O2. The van der Waals surface area contributed by atoms with E-state index >= 15 is 0 Å². The van der Waals surface area contributed by atoms with E-state index in [0.717, 1.165) is 71.3 Å². The highest BCUT2D eigenvalue weighted by molar-refractivity contribution is 5.50. The molecule has 7 nitrogen and oxygen atoms in total. The first-order valence-corrected chi connectivity index (χ1v) is 10.6. The number of hydrogen-bond acceptors (Lipinski definition) is 6. The molecular weight excluding hydrogens is 411 g/mol. The number of aromatic nitrogens is 2. The highest BCUT2D eigenvalue weighted by Crippen LogP contribution is 2.41. The minimum absolute atomic E-state index is 0.239. The third-order valence-corrected chi connectivity index (χ3v) is 6.28. The molecule has 1 aromatic carbocycles. The van der Waals surface area contributed by atoms with Gasteiger partial charge >= 0.3 is 6.36 Å². The van der Waals surface area contributed by atoms with E-state index in [4.69, 9.17) is 4.74 Å². The maximum absolute atomic E-state index is 12.3. The molecule has 3 aliphatic rings. The first-order chi connectivity index (χ1) is 14.9. The van der Waals surface area contributed by atoms with E-state index in [2.05, 4.69) is 24.5 Å². The Bertz CT molecular complexity index is 881. The fourth-order valence-electron chi connectivity index (χ4n) is 4.73. The number of halogens is 3. The van der Waals surface area contributed by atoms with E-state index in [0.29, 0.717) is 11.1 Å². The molecule has 5 rings (SSSR count). The molecule has 0 bridgehead atoms. The first kappa shape index (κ1) is 20.6. The minimum atomic E-state index is -4.69. The zero-order valence-corrected chi connectivity index (χ0v) is 17.2. The molecule has 4 heterocycles. The number of likely N-dealkylation sites (tertiary alicyclic amines) is 1. The van der Waals surface area contributed by atoms with Gasteiger partial charge in [-0.25, -0.2) is 4.68 Å². The van der Waals surface area contributed by atoms with Gasteiger partial charge < -0.3 is 19.3 Å². The fourth-order valence-corrected chi connectivity index (χ4v) is 4.73. The first-order valence-electron chi connectivity index (χ1n) is 10.6. The second-order valence-corrected chi connectivity index (χ2v) is 8.71. The smallest absolute Gasteiger partial charge is 0.406 e. The molecule has 0 amide bonds. The molecule has 31 heavy (non-hydrogen) atoms. The SMILES string of the molecule is FC(F)(F)Oc1ccc(-n2cc(N3CC4(CN(CCN5CCOCC5)C4)C3)cn2)cc1. The summed E-state index contributed by atoms with van der Waals surface area (Å²) < 4.78 is 47.9. The lowest BCUT2D eigenvalue weighted by Crippen LogP contribution is -2.72. The maximum Gasteiger partial charge on any atom is 0.573 e. The van der Waals surface area contributed by atoms with Crippen molar-refractivity contribution in [2.75, 3.05) is 70.5 Å². The molecule has 168 valence electrons. The Morgan fingerprint density at radius 1 is 0.935 bits per heavy atom. The van der Waals surface area contributed by atoms with Gasteiger partial charge in [-0.05, 0) is 24.3 Å². The molecule has 0 saturated carbocycles. The minimum Gasteiger partial charge on any atom is -0.406 e. The van der Waals surface area contributed by atoms with Gasteiger partial charge in [0.2, 0.25) is 0 Å². The summed E-state index contributed by atoms with van der Waals surface area (Å²) in [4.78, 5) is 7.31. The predicted molar refractivity (Wildman–Crippen MR) is 109 cm³/mol. The molecule has 0 atom stereocenters. The van der Waals surface area contributed by atoms with Crippen LogP contribution < -0.4 is 9.64 Å². The lowest BCUT2D eigenvalue weighted by atomic mass is 9.72. The molecule has 1 spiro atoms. The monoisotopic (exact) mass is 437 g/mol. The van der Waals surface area contributed by atoms with Crippen LogP contribution >= 0.6 is 0 Å². The van der Waals surface area contributed by atoms with Crippen LogP contribution in [0.25, 0.3) is 5.69 Å². The van der Waals surface area contributed by atoms with Gasteiger partial charge in [-0.3, -0.25) is 4.90 Å². The summed E-state index contributed by atoms with van der Waals surface area (Å²) in [5, 5.41) is 4.37. The van der Waals surface area contributed by atoms with E-state index in [1.165, 1.54) is 12.1 Å². The average Bonchev–Trinajstić information content (AvgIpc) is 3.15. The second-order valence-electron chi connectivity index (χ2n) is 8.71. The molecule has 3 saturated heterocycles. The largest absolute Gasteiger partial charge is 0.573 e. The van der Waals surface area contributed by atoms with E-state index in [1.54, 1.807) is 16.8 Å². The number of ether oxygens (including phenoxy) is 2. The Kier molecular flexibility index (Phi) is 5.31. The third kappa shape index (κ3) is 4.65. The Morgan fingerprint density at radius 3 is 2.29 bits per heavy atom. The predicted octanol–water partition coefficient (Wildman–Crippen LogP) is 2.23. The van der Waals surface area contributed by atoms with Crippen LogP contribution in [0.2, 0.25) is 0 Å². The van der Waals surface area contributed by atoms with E-state index < -0.39 is 6.36 Å². The van der Waals surface area contributed by atoms with Crippen LogP contribution in [0.1, 0.15) is 0 Å². The zero-order valence-electron chi connectivity index (χ0n) is 17.2. The number of rotatable bonds is 6. The number of morpholine rings is 1. The van der Waals surface area contributed by atoms with E-state index in [1.807, 2.05) is 12.4 Å². The molecule has 3 fully saturated rings. The summed E-state index contributed by atoms with van der Waals surface area (Å²) in [6.07, 6.45) is -0.962. The van der Waals surface area contributed by atoms with Gasteiger partial charge in [0.15, 0.2) is 0 Å². The molecule has 0 N–H and O–H groups in total. The van der Waals surface area contributed by atoms with Crippen molar-refractivity contribution >= 4 is 5.69 Å². The molecule has 10 heteroatoms. The van der Waals surface area contributed by atoms with Crippen molar-refractivity contribution in [2.45, 2.75) is 6.36 Å². The molecule has 2 aromatic rings. The van der Waals surface area contributed by atoms with Crippen molar-refractivity contribution < 1.29 is 22.6 Å². The Balaban J connectivity index is 1.09. The highest BCUT2D eigenvalue weighted by Gasteiger charge is 2.51. The van der Waals surface area contributed by atoms with Gasteiger partial charge in [-0.15, -0.1) is 13.2 Å². The summed E-state index contributed by atoms with van der Waals surface area (Å²) in [5.74, 6) is -0.239. The van der Waals surface area contributed by atoms with Gasteiger partial charge in [-0.2, -0.15) is 5.10 Å². The summed E-state index contributed by atoms with van der Waals surface area (Å²) in [6, 6.07) is 5.72. The van der Waals surface area contributed by atoms with Crippen LogP contribution in [0.3, 0.4) is 0 Å². The van der Waals surface area contributed by atoms with Gasteiger partial charge in [0.25, 0.3) is 0 Å². The number of benzene rings is 1. The van der Waals surface area contributed by atoms with Crippen LogP contribution in [0.15, 0.2) is 36.7 Å². The summed E-state index contributed by atoms with van der Waals surface area (Å²) in [7, 11) is 0.